The summed E-state index contributed by atoms with van der Waals surface area (Å²) in [5.41, 5.74) is 0.726. The molecule has 0 aliphatic carbocycles. The molecule has 0 radical (unpaired) electrons. The van der Waals surface area contributed by atoms with Crippen molar-refractivity contribution in [1.29, 1.82) is 0 Å². The average Bonchev–Trinajstić information content (AvgIpc) is 2.75. The summed E-state index contributed by atoms with van der Waals surface area (Å²) in [5, 5.41) is 14.1. The van der Waals surface area contributed by atoms with E-state index in [1.807, 2.05) is 13.0 Å². The third-order valence-corrected chi connectivity index (χ3v) is 5.52. The van der Waals surface area contributed by atoms with Crippen LogP contribution in [0, 0.1) is 0 Å². The third kappa shape index (κ3) is 5.18. The number of carboxylic acid groups (broad SMARTS) is 1. The van der Waals surface area contributed by atoms with Crippen LogP contribution in [0.1, 0.15) is 31.7 Å². The molecule has 2 aromatic carbocycles. The number of aromatic nitrogens is 2. The van der Waals surface area contributed by atoms with Gasteiger partial charge >= 0.3 is 5.97 Å². The van der Waals surface area contributed by atoms with Gasteiger partial charge in [0.2, 0.25) is 0 Å². The van der Waals surface area contributed by atoms with Gasteiger partial charge in [0, 0.05) is 20.9 Å². The van der Waals surface area contributed by atoms with Crippen molar-refractivity contribution in [2.75, 3.05) is 7.11 Å². The van der Waals surface area contributed by atoms with Gasteiger partial charge in [0.25, 0.3) is 5.56 Å². The number of methoxy groups -OCH3 is 1. The van der Waals surface area contributed by atoms with Crippen LogP contribution in [-0.2, 0) is 11.2 Å². The fourth-order valence-electron chi connectivity index (χ4n) is 3.01. The van der Waals surface area contributed by atoms with Gasteiger partial charge in [-0.05, 0) is 43.7 Å². The molecule has 1 heterocycles. The minimum Gasteiger partial charge on any atom is -0.493 e. The minimum atomic E-state index is -1.12. The second-order valence-electron chi connectivity index (χ2n) is 6.93. The highest BCUT2D eigenvalue weighted by molar-refractivity contribution is 9.10. The Hall–Kier alpha value is -2.72. The Morgan fingerprint density at radius 3 is 2.69 bits per heavy atom. The normalized spacial score (nSPS) is 12.3. The molecule has 0 aliphatic rings. The van der Waals surface area contributed by atoms with Crippen molar-refractivity contribution < 1.29 is 19.4 Å². The van der Waals surface area contributed by atoms with Crippen LogP contribution in [0.25, 0.3) is 10.9 Å². The van der Waals surface area contributed by atoms with E-state index in [-0.39, 0.29) is 11.3 Å². The monoisotopic (exact) mass is 565 g/mol. The van der Waals surface area contributed by atoms with E-state index in [4.69, 9.17) is 9.47 Å². The molecule has 168 valence electrons. The lowest BCUT2D eigenvalue weighted by molar-refractivity contribution is -0.144. The number of ether oxygens (including phenoxy) is 2. The van der Waals surface area contributed by atoms with Crippen LogP contribution in [-0.4, -0.2) is 40.2 Å². The second kappa shape index (κ2) is 10.3. The number of rotatable bonds is 8. The average molecular weight is 567 g/mol. The Labute approximate surface area is 201 Å². The SMILES string of the molecule is CCCc1nc2ccc(Br)cc2c(=O)n1N=Cc1cc(Br)cc(OC)c1O[C@@H](C)C(=O)O. The van der Waals surface area contributed by atoms with Crippen molar-refractivity contribution in [3.05, 3.63) is 61.0 Å². The summed E-state index contributed by atoms with van der Waals surface area (Å²) < 4.78 is 13.7. The zero-order valence-corrected chi connectivity index (χ0v) is 20.8. The molecule has 0 bridgehead atoms. The molecule has 0 unspecified atom stereocenters. The quantitative estimate of drug-likeness (QED) is 0.399. The van der Waals surface area contributed by atoms with E-state index < -0.39 is 12.1 Å². The Morgan fingerprint density at radius 1 is 1.28 bits per heavy atom. The molecule has 1 aromatic heterocycles. The van der Waals surface area contributed by atoms with Gasteiger partial charge < -0.3 is 14.6 Å². The van der Waals surface area contributed by atoms with Crippen molar-refractivity contribution in [2.24, 2.45) is 5.10 Å². The molecule has 10 heteroatoms. The molecule has 0 saturated carbocycles. The molecule has 0 aliphatic heterocycles. The van der Waals surface area contributed by atoms with Crippen LogP contribution < -0.4 is 15.0 Å². The molecular weight excluding hydrogens is 546 g/mol. The van der Waals surface area contributed by atoms with E-state index in [0.717, 1.165) is 10.9 Å². The Balaban J connectivity index is 2.17. The molecule has 0 saturated heterocycles. The van der Waals surface area contributed by atoms with Crippen LogP contribution in [0.3, 0.4) is 0 Å². The number of hydrogen-bond donors (Lipinski definition) is 1. The van der Waals surface area contributed by atoms with Crippen LogP contribution in [0.2, 0.25) is 0 Å². The zero-order chi connectivity index (χ0) is 23.4. The molecule has 0 spiro atoms. The lowest BCUT2D eigenvalue weighted by Crippen LogP contribution is -2.24. The highest BCUT2D eigenvalue weighted by Gasteiger charge is 2.19. The summed E-state index contributed by atoms with van der Waals surface area (Å²) in [4.78, 5) is 29.1. The number of halogens is 2. The summed E-state index contributed by atoms with van der Waals surface area (Å²) >= 11 is 6.79. The summed E-state index contributed by atoms with van der Waals surface area (Å²) in [7, 11) is 1.45. The molecule has 1 atom stereocenters. The Bertz CT molecular complexity index is 1260. The lowest BCUT2D eigenvalue weighted by atomic mass is 10.2. The van der Waals surface area contributed by atoms with E-state index in [1.165, 1.54) is 24.9 Å². The van der Waals surface area contributed by atoms with Gasteiger partial charge in [0.15, 0.2) is 17.6 Å². The van der Waals surface area contributed by atoms with Gasteiger partial charge in [-0.3, -0.25) is 4.79 Å². The molecule has 32 heavy (non-hydrogen) atoms. The van der Waals surface area contributed by atoms with Crippen molar-refractivity contribution in [3.63, 3.8) is 0 Å². The number of benzene rings is 2. The minimum absolute atomic E-state index is 0.205. The molecule has 8 nitrogen and oxygen atoms in total. The largest absolute Gasteiger partial charge is 0.493 e. The fourth-order valence-corrected chi connectivity index (χ4v) is 3.82. The standard InChI is InChI=1S/C22H21Br2N3O5/c1-4-5-19-26-17-7-6-14(23)9-16(17)21(28)27(19)25-11-13-8-15(24)10-18(31-3)20(13)32-12(2)22(29)30/h6-12H,4-5H2,1-3H3,(H,29,30)/t12-/m0/s1. The predicted octanol–water partition coefficient (Wildman–Crippen LogP) is 4.62. The number of carboxylic acids is 1. The molecule has 1 N–H and O–H groups in total. The van der Waals surface area contributed by atoms with Crippen LogP contribution in [0.4, 0.5) is 0 Å². The summed E-state index contributed by atoms with van der Waals surface area (Å²) in [6.07, 6.45) is 1.65. The van der Waals surface area contributed by atoms with E-state index in [9.17, 15) is 14.7 Å². The maximum absolute atomic E-state index is 13.2. The van der Waals surface area contributed by atoms with E-state index in [0.29, 0.717) is 38.9 Å². The van der Waals surface area contributed by atoms with Crippen LogP contribution in [0.15, 0.2) is 49.2 Å². The number of aryl methyl sites for hydroxylation is 1. The molecular formula is C22H21Br2N3O5. The molecule has 3 rings (SSSR count). The topological polar surface area (TPSA) is 103 Å². The summed E-state index contributed by atoms with van der Waals surface area (Å²) in [6.45, 7) is 3.41. The van der Waals surface area contributed by atoms with Crippen molar-refractivity contribution in [2.45, 2.75) is 32.8 Å². The first-order chi connectivity index (χ1) is 15.2. The van der Waals surface area contributed by atoms with Gasteiger partial charge in [0.1, 0.15) is 5.82 Å². The van der Waals surface area contributed by atoms with Crippen LogP contribution in [0.5, 0.6) is 11.5 Å². The van der Waals surface area contributed by atoms with Crippen molar-refractivity contribution in [1.82, 2.24) is 9.66 Å². The number of fused-ring (bicyclic) bond motifs is 1. The zero-order valence-electron chi connectivity index (χ0n) is 17.6. The Morgan fingerprint density at radius 2 is 2.03 bits per heavy atom. The first kappa shape index (κ1) is 23.9. The maximum Gasteiger partial charge on any atom is 0.344 e. The maximum atomic E-state index is 13.2. The Kier molecular flexibility index (Phi) is 7.68. The molecule has 0 fully saturated rings. The number of aliphatic carboxylic acids is 1. The van der Waals surface area contributed by atoms with Gasteiger partial charge in [-0.15, -0.1) is 0 Å². The predicted molar refractivity (Wildman–Crippen MR) is 129 cm³/mol. The molecule has 3 aromatic rings. The second-order valence-corrected chi connectivity index (χ2v) is 8.76. The summed E-state index contributed by atoms with van der Waals surface area (Å²) in [5.74, 6) is -0.0675. The highest BCUT2D eigenvalue weighted by atomic mass is 79.9. The first-order valence-corrected chi connectivity index (χ1v) is 11.4. The van der Waals surface area contributed by atoms with Crippen molar-refractivity contribution >= 4 is 54.9 Å². The van der Waals surface area contributed by atoms with E-state index in [2.05, 4.69) is 41.9 Å². The number of nitrogens with zero attached hydrogens (tertiary/aromatic N) is 3. The first-order valence-electron chi connectivity index (χ1n) is 9.77. The third-order valence-electron chi connectivity index (χ3n) is 4.57. The number of carbonyl (C=O) groups is 1. The smallest absolute Gasteiger partial charge is 0.344 e. The van der Waals surface area contributed by atoms with Crippen molar-refractivity contribution in [3.8, 4) is 11.5 Å². The lowest BCUT2D eigenvalue weighted by Gasteiger charge is -2.16. The fraction of sp³-hybridized carbons (Fsp3) is 0.273. The van der Waals surface area contributed by atoms with Gasteiger partial charge in [0.05, 0.1) is 24.2 Å². The van der Waals surface area contributed by atoms with E-state index in [1.54, 1.807) is 24.3 Å². The van der Waals surface area contributed by atoms with Gasteiger partial charge in [-0.2, -0.15) is 9.78 Å². The number of hydrogen-bond acceptors (Lipinski definition) is 6. The summed E-state index contributed by atoms with van der Waals surface area (Å²) in [6, 6.07) is 8.68. The van der Waals surface area contributed by atoms with Crippen LogP contribution >= 0.6 is 31.9 Å². The highest BCUT2D eigenvalue weighted by Crippen LogP contribution is 2.35. The van der Waals surface area contributed by atoms with E-state index >= 15 is 0 Å². The van der Waals surface area contributed by atoms with Gasteiger partial charge in [-0.1, -0.05) is 38.8 Å². The van der Waals surface area contributed by atoms with Gasteiger partial charge in [-0.25, -0.2) is 9.78 Å². The molecule has 0 amide bonds.